The van der Waals surface area contributed by atoms with E-state index in [1.165, 1.54) is 6.92 Å². The van der Waals surface area contributed by atoms with Gasteiger partial charge in [0.05, 0.1) is 0 Å². The average molecular weight is 390 g/mol. The zero-order valence-electron chi connectivity index (χ0n) is 15.9. The first kappa shape index (κ1) is 20.8. The van der Waals surface area contributed by atoms with Crippen LogP contribution in [0.1, 0.15) is 37.8 Å². The van der Waals surface area contributed by atoms with E-state index in [2.05, 4.69) is 5.32 Å². The number of nitrogens with one attached hydrogen (secondary N) is 1. The molecule has 0 fully saturated rings. The van der Waals surface area contributed by atoms with Gasteiger partial charge in [0, 0.05) is 10.7 Å². The Kier molecular flexibility index (Phi) is 7.25. The molecule has 0 bridgehead atoms. The van der Waals surface area contributed by atoms with Crippen LogP contribution in [0, 0.1) is 6.92 Å². The summed E-state index contributed by atoms with van der Waals surface area (Å²) in [5.41, 5.74) is 2.34. The van der Waals surface area contributed by atoms with Crippen molar-refractivity contribution in [2.24, 2.45) is 0 Å². The standard InChI is InChI=1S/C21H24ClNO4/c1-13(2)16-8-5-6-11-19(16)26-12-20(24)27-15(4)21(25)23-18-10-7-9-17(22)14(18)3/h5-11,13,15H,12H2,1-4H3,(H,23,25)/t15-/m1/s1. The van der Waals surface area contributed by atoms with Gasteiger partial charge in [-0.3, -0.25) is 4.79 Å². The molecule has 0 aliphatic carbocycles. The minimum Gasteiger partial charge on any atom is -0.482 e. The Morgan fingerprint density at radius 1 is 1.07 bits per heavy atom. The van der Waals surface area contributed by atoms with Gasteiger partial charge in [0.1, 0.15) is 5.75 Å². The van der Waals surface area contributed by atoms with E-state index >= 15 is 0 Å². The maximum absolute atomic E-state index is 12.3. The van der Waals surface area contributed by atoms with Crippen LogP contribution in [-0.4, -0.2) is 24.6 Å². The van der Waals surface area contributed by atoms with Crippen molar-refractivity contribution in [1.82, 2.24) is 0 Å². The van der Waals surface area contributed by atoms with E-state index in [0.717, 1.165) is 11.1 Å². The third kappa shape index (κ3) is 5.73. The number of benzene rings is 2. The number of anilines is 1. The monoisotopic (exact) mass is 389 g/mol. The summed E-state index contributed by atoms with van der Waals surface area (Å²) >= 11 is 6.04. The highest BCUT2D eigenvalue weighted by Gasteiger charge is 2.19. The summed E-state index contributed by atoms with van der Waals surface area (Å²) in [5.74, 6) is -0.144. The van der Waals surface area contributed by atoms with Gasteiger partial charge in [0.25, 0.3) is 5.91 Å². The van der Waals surface area contributed by atoms with Crippen molar-refractivity contribution in [2.45, 2.75) is 39.7 Å². The Morgan fingerprint density at radius 2 is 1.78 bits per heavy atom. The van der Waals surface area contributed by atoms with E-state index < -0.39 is 18.0 Å². The highest BCUT2D eigenvalue weighted by atomic mass is 35.5. The molecular weight excluding hydrogens is 366 g/mol. The van der Waals surface area contributed by atoms with Crippen molar-refractivity contribution >= 4 is 29.2 Å². The summed E-state index contributed by atoms with van der Waals surface area (Å²) in [6.45, 7) is 7.14. The first-order chi connectivity index (χ1) is 12.8. The lowest BCUT2D eigenvalue weighted by Gasteiger charge is -2.16. The second kappa shape index (κ2) is 9.42. The van der Waals surface area contributed by atoms with E-state index in [-0.39, 0.29) is 12.5 Å². The van der Waals surface area contributed by atoms with Crippen molar-refractivity contribution in [1.29, 1.82) is 0 Å². The predicted molar refractivity (Wildman–Crippen MR) is 106 cm³/mol. The van der Waals surface area contributed by atoms with Crippen molar-refractivity contribution in [3.8, 4) is 5.75 Å². The number of halogens is 1. The number of hydrogen-bond acceptors (Lipinski definition) is 4. The molecule has 6 heteroatoms. The smallest absolute Gasteiger partial charge is 0.344 e. The second-order valence-corrected chi connectivity index (χ2v) is 6.92. The van der Waals surface area contributed by atoms with E-state index in [1.54, 1.807) is 31.2 Å². The minimum absolute atomic E-state index is 0.266. The quantitative estimate of drug-likeness (QED) is 0.696. The largest absolute Gasteiger partial charge is 0.482 e. The van der Waals surface area contributed by atoms with Crippen LogP contribution >= 0.6 is 11.6 Å². The Hall–Kier alpha value is -2.53. The fraction of sp³-hybridized carbons (Fsp3) is 0.333. The molecule has 0 aliphatic rings. The van der Waals surface area contributed by atoms with Gasteiger partial charge in [-0.1, -0.05) is 49.7 Å². The summed E-state index contributed by atoms with van der Waals surface area (Å²) in [7, 11) is 0. The maximum Gasteiger partial charge on any atom is 0.344 e. The Balaban J connectivity index is 1.90. The van der Waals surface area contributed by atoms with Crippen LogP contribution < -0.4 is 10.1 Å². The maximum atomic E-state index is 12.3. The van der Waals surface area contributed by atoms with E-state index in [0.29, 0.717) is 16.5 Å². The zero-order valence-corrected chi connectivity index (χ0v) is 16.7. The van der Waals surface area contributed by atoms with Crippen molar-refractivity contribution in [3.05, 3.63) is 58.6 Å². The Labute approximate surface area is 164 Å². The molecule has 0 heterocycles. The van der Waals surface area contributed by atoms with Crippen LogP contribution in [0.15, 0.2) is 42.5 Å². The summed E-state index contributed by atoms with van der Waals surface area (Å²) in [6, 6.07) is 12.7. The average Bonchev–Trinajstić information content (AvgIpc) is 2.63. The lowest BCUT2D eigenvalue weighted by Crippen LogP contribution is -2.32. The minimum atomic E-state index is -0.958. The van der Waals surface area contributed by atoms with Gasteiger partial charge in [-0.2, -0.15) is 0 Å². The third-order valence-corrected chi connectivity index (χ3v) is 4.50. The number of amides is 1. The summed E-state index contributed by atoms with van der Waals surface area (Å²) in [6.07, 6.45) is -0.958. The molecule has 0 aromatic heterocycles. The van der Waals surface area contributed by atoms with Crippen LogP contribution in [-0.2, 0) is 14.3 Å². The van der Waals surface area contributed by atoms with Gasteiger partial charge in [-0.15, -0.1) is 0 Å². The normalized spacial score (nSPS) is 11.8. The van der Waals surface area contributed by atoms with Crippen LogP contribution in [0.5, 0.6) is 5.75 Å². The lowest BCUT2D eigenvalue weighted by atomic mass is 10.0. The molecule has 1 atom stereocenters. The van der Waals surface area contributed by atoms with Gasteiger partial charge < -0.3 is 14.8 Å². The third-order valence-electron chi connectivity index (χ3n) is 4.09. The summed E-state index contributed by atoms with van der Waals surface area (Å²) in [5, 5.41) is 3.26. The predicted octanol–water partition coefficient (Wildman–Crippen LogP) is 4.72. The fourth-order valence-electron chi connectivity index (χ4n) is 2.49. The van der Waals surface area contributed by atoms with Gasteiger partial charge >= 0.3 is 5.97 Å². The molecule has 0 spiro atoms. The molecule has 0 saturated carbocycles. The number of carbonyl (C=O) groups is 2. The first-order valence-corrected chi connectivity index (χ1v) is 9.14. The van der Waals surface area contributed by atoms with Crippen LogP contribution in [0.2, 0.25) is 5.02 Å². The Bertz CT molecular complexity index is 820. The highest BCUT2D eigenvalue weighted by molar-refractivity contribution is 6.31. The molecule has 5 nitrogen and oxygen atoms in total. The summed E-state index contributed by atoms with van der Waals surface area (Å²) in [4.78, 5) is 24.3. The van der Waals surface area contributed by atoms with Crippen LogP contribution in [0.4, 0.5) is 5.69 Å². The molecule has 0 radical (unpaired) electrons. The molecule has 2 rings (SSSR count). The van der Waals surface area contributed by atoms with Gasteiger partial charge in [0.15, 0.2) is 12.7 Å². The molecule has 1 N–H and O–H groups in total. The van der Waals surface area contributed by atoms with Crippen molar-refractivity contribution in [3.63, 3.8) is 0 Å². The van der Waals surface area contributed by atoms with Crippen LogP contribution in [0.3, 0.4) is 0 Å². The van der Waals surface area contributed by atoms with Gasteiger partial charge in [0.2, 0.25) is 0 Å². The molecule has 0 unspecified atom stereocenters. The van der Waals surface area contributed by atoms with Gasteiger partial charge in [-0.05, 0) is 49.1 Å². The molecule has 0 saturated heterocycles. The molecule has 0 aliphatic heterocycles. The van der Waals surface area contributed by atoms with E-state index in [4.69, 9.17) is 21.1 Å². The van der Waals surface area contributed by atoms with E-state index in [9.17, 15) is 9.59 Å². The number of carbonyl (C=O) groups excluding carboxylic acids is 2. The number of hydrogen-bond donors (Lipinski definition) is 1. The molecule has 27 heavy (non-hydrogen) atoms. The highest BCUT2D eigenvalue weighted by Crippen LogP contribution is 2.26. The fourth-order valence-corrected chi connectivity index (χ4v) is 2.66. The van der Waals surface area contributed by atoms with Gasteiger partial charge in [-0.25, -0.2) is 4.79 Å². The number of esters is 1. The number of ether oxygens (including phenoxy) is 2. The number of para-hydroxylation sites is 1. The van der Waals surface area contributed by atoms with Crippen molar-refractivity contribution in [2.75, 3.05) is 11.9 Å². The first-order valence-electron chi connectivity index (χ1n) is 8.76. The summed E-state index contributed by atoms with van der Waals surface area (Å²) < 4.78 is 10.7. The molecule has 2 aromatic rings. The Morgan fingerprint density at radius 3 is 2.48 bits per heavy atom. The SMILES string of the molecule is Cc1c(Cl)cccc1NC(=O)[C@@H](C)OC(=O)COc1ccccc1C(C)C. The zero-order chi connectivity index (χ0) is 20.0. The van der Waals surface area contributed by atoms with E-state index in [1.807, 2.05) is 32.0 Å². The molecular formula is C21H24ClNO4. The number of rotatable bonds is 7. The van der Waals surface area contributed by atoms with Crippen molar-refractivity contribution < 1.29 is 19.1 Å². The molecule has 1 amide bonds. The van der Waals surface area contributed by atoms with Crippen LogP contribution in [0.25, 0.3) is 0 Å². The topological polar surface area (TPSA) is 64.6 Å². The second-order valence-electron chi connectivity index (χ2n) is 6.51. The molecule has 2 aromatic carbocycles. The molecule has 144 valence electrons. The lowest BCUT2D eigenvalue weighted by molar-refractivity contribution is -0.155.